The first-order chi connectivity index (χ1) is 8.20. The van der Waals surface area contributed by atoms with Gasteiger partial charge in [0, 0.05) is 17.2 Å². The number of hydrogen-bond donors (Lipinski definition) is 3. The zero-order valence-corrected chi connectivity index (χ0v) is 11.1. The fraction of sp³-hybridized carbons (Fsp3) is 0.583. The number of rotatable bonds is 4. The van der Waals surface area contributed by atoms with Crippen molar-refractivity contribution in [3.05, 3.63) is 17.5 Å². The standard InChI is InChI=1S/C12H19N3O3/c1-7(5-10(16)17)13-11(18)8-6-9(15-14-8)12(2,3)4/h6-7H,5H2,1-4H3,(H,13,18)(H,14,15)(H,16,17). The summed E-state index contributed by atoms with van der Waals surface area (Å²) in [6, 6.07) is 1.26. The minimum absolute atomic E-state index is 0.109. The summed E-state index contributed by atoms with van der Waals surface area (Å²) in [7, 11) is 0. The summed E-state index contributed by atoms with van der Waals surface area (Å²) in [5.41, 5.74) is 1.02. The van der Waals surface area contributed by atoms with Gasteiger partial charge in [-0.1, -0.05) is 20.8 Å². The number of hydrogen-bond acceptors (Lipinski definition) is 3. The van der Waals surface area contributed by atoms with E-state index in [9.17, 15) is 9.59 Å². The molecule has 0 fully saturated rings. The molecule has 0 saturated heterocycles. The first kappa shape index (κ1) is 14.2. The summed E-state index contributed by atoms with van der Waals surface area (Å²) in [6.07, 6.45) is -0.109. The second kappa shape index (κ2) is 5.20. The third-order valence-corrected chi connectivity index (χ3v) is 2.48. The van der Waals surface area contributed by atoms with Crippen molar-refractivity contribution in [2.75, 3.05) is 0 Å². The van der Waals surface area contributed by atoms with E-state index in [0.717, 1.165) is 5.69 Å². The Hall–Kier alpha value is -1.85. The summed E-state index contributed by atoms with van der Waals surface area (Å²) in [4.78, 5) is 22.3. The fourth-order valence-electron chi connectivity index (χ4n) is 1.43. The smallest absolute Gasteiger partial charge is 0.305 e. The quantitative estimate of drug-likeness (QED) is 0.753. The normalized spacial score (nSPS) is 13.1. The maximum atomic E-state index is 11.8. The van der Waals surface area contributed by atoms with Gasteiger partial charge >= 0.3 is 5.97 Å². The molecule has 0 spiro atoms. The summed E-state index contributed by atoms with van der Waals surface area (Å²) in [5, 5.41) is 17.9. The molecular weight excluding hydrogens is 234 g/mol. The van der Waals surface area contributed by atoms with Crippen LogP contribution in [0.25, 0.3) is 0 Å². The maximum Gasteiger partial charge on any atom is 0.305 e. The Morgan fingerprint density at radius 3 is 2.56 bits per heavy atom. The Bertz CT molecular complexity index is 446. The molecule has 0 aliphatic rings. The number of aliphatic carboxylic acids is 1. The second-order valence-corrected chi connectivity index (χ2v) is 5.39. The van der Waals surface area contributed by atoms with Crippen molar-refractivity contribution in [1.82, 2.24) is 15.5 Å². The number of nitrogens with one attached hydrogen (secondary N) is 2. The van der Waals surface area contributed by atoms with Gasteiger partial charge in [-0.2, -0.15) is 5.10 Å². The number of carbonyl (C=O) groups is 2. The van der Waals surface area contributed by atoms with E-state index in [1.165, 1.54) is 0 Å². The minimum Gasteiger partial charge on any atom is -0.481 e. The Morgan fingerprint density at radius 2 is 2.11 bits per heavy atom. The van der Waals surface area contributed by atoms with Crippen molar-refractivity contribution in [2.24, 2.45) is 0 Å². The van der Waals surface area contributed by atoms with Crippen LogP contribution in [0, 0.1) is 0 Å². The summed E-state index contributed by atoms with van der Waals surface area (Å²) in [6.45, 7) is 7.67. The van der Waals surface area contributed by atoms with Crippen LogP contribution in [-0.2, 0) is 10.2 Å². The molecule has 0 aliphatic carbocycles. The third-order valence-electron chi connectivity index (χ3n) is 2.48. The average Bonchev–Trinajstić information content (AvgIpc) is 2.63. The lowest BCUT2D eigenvalue weighted by Gasteiger charge is -2.14. The van der Waals surface area contributed by atoms with Crippen LogP contribution in [-0.4, -0.2) is 33.2 Å². The van der Waals surface area contributed by atoms with Gasteiger partial charge in [0.05, 0.1) is 6.42 Å². The van der Waals surface area contributed by atoms with Crippen molar-refractivity contribution in [2.45, 2.75) is 45.6 Å². The Morgan fingerprint density at radius 1 is 1.50 bits per heavy atom. The number of H-pyrrole nitrogens is 1. The van der Waals surface area contributed by atoms with Crippen LogP contribution in [0.3, 0.4) is 0 Å². The molecule has 6 nitrogen and oxygen atoms in total. The van der Waals surface area contributed by atoms with Crippen LogP contribution in [0.4, 0.5) is 0 Å². The monoisotopic (exact) mass is 253 g/mol. The molecule has 0 aliphatic heterocycles. The highest BCUT2D eigenvalue weighted by Gasteiger charge is 2.20. The lowest BCUT2D eigenvalue weighted by Crippen LogP contribution is -2.34. The summed E-state index contributed by atoms with van der Waals surface area (Å²) >= 11 is 0. The van der Waals surface area contributed by atoms with E-state index in [1.54, 1.807) is 13.0 Å². The number of aromatic amines is 1. The van der Waals surface area contributed by atoms with E-state index in [0.29, 0.717) is 0 Å². The highest BCUT2D eigenvalue weighted by molar-refractivity contribution is 5.92. The molecule has 6 heteroatoms. The molecule has 1 unspecified atom stereocenters. The summed E-state index contributed by atoms with van der Waals surface area (Å²) in [5.74, 6) is -1.31. The molecule has 100 valence electrons. The van der Waals surface area contributed by atoms with Gasteiger partial charge in [0.25, 0.3) is 5.91 Å². The van der Waals surface area contributed by atoms with E-state index < -0.39 is 12.0 Å². The minimum atomic E-state index is -0.944. The first-order valence-electron chi connectivity index (χ1n) is 5.78. The highest BCUT2D eigenvalue weighted by Crippen LogP contribution is 2.20. The van der Waals surface area contributed by atoms with Crippen LogP contribution in [0.15, 0.2) is 6.07 Å². The molecule has 18 heavy (non-hydrogen) atoms. The molecule has 1 aromatic heterocycles. The van der Waals surface area contributed by atoms with Gasteiger partial charge in [-0.05, 0) is 13.0 Å². The first-order valence-corrected chi connectivity index (χ1v) is 5.78. The number of carbonyl (C=O) groups excluding carboxylic acids is 1. The molecule has 3 N–H and O–H groups in total. The molecule has 1 rings (SSSR count). The molecule has 1 heterocycles. The number of carboxylic acid groups (broad SMARTS) is 1. The van der Waals surface area contributed by atoms with E-state index in [-0.39, 0.29) is 23.4 Å². The van der Waals surface area contributed by atoms with Gasteiger partial charge in [0.2, 0.25) is 0 Å². The average molecular weight is 253 g/mol. The van der Waals surface area contributed by atoms with Crippen LogP contribution in [0.2, 0.25) is 0 Å². The maximum absolute atomic E-state index is 11.8. The topological polar surface area (TPSA) is 95.1 Å². The third kappa shape index (κ3) is 3.87. The Labute approximate surface area is 106 Å². The lowest BCUT2D eigenvalue weighted by atomic mass is 9.92. The number of aromatic nitrogens is 2. The van der Waals surface area contributed by atoms with Gasteiger partial charge in [-0.15, -0.1) is 0 Å². The van der Waals surface area contributed by atoms with Gasteiger partial charge in [-0.3, -0.25) is 14.7 Å². The van der Waals surface area contributed by atoms with Crippen molar-refractivity contribution < 1.29 is 14.7 Å². The molecular formula is C12H19N3O3. The lowest BCUT2D eigenvalue weighted by molar-refractivity contribution is -0.137. The fourth-order valence-corrected chi connectivity index (χ4v) is 1.43. The SMILES string of the molecule is CC(CC(=O)O)NC(=O)c1cc(C(C)(C)C)[nH]n1. The van der Waals surface area contributed by atoms with Crippen molar-refractivity contribution >= 4 is 11.9 Å². The van der Waals surface area contributed by atoms with Gasteiger partial charge in [0.1, 0.15) is 5.69 Å². The molecule has 0 radical (unpaired) electrons. The number of nitrogens with zero attached hydrogens (tertiary/aromatic N) is 1. The van der Waals surface area contributed by atoms with Gasteiger partial charge < -0.3 is 10.4 Å². The predicted molar refractivity (Wildman–Crippen MR) is 66.5 cm³/mol. The van der Waals surface area contributed by atoms with Gasteiger partial charge in [0.15, 0.2) is 0 Å². The molecule has 1 amide bonds. The highest BCUT2D eigenvalue weighted by atomic mass is 16.4. The van der Waals surface area contributed by atoms with Crippen LogP contribution in [0.1, 0.15) is 50.3 Å². The number of amides is 1. The number of carboxylic acids is 1. The molecule has 1 aromatic rings. The molecule has 0 saturated carbocycles. The van der Waals surface area contributed by atoms with E-state index in [1.807, 2.05) is 20.8 Å². The van der Waals surface area contributed by atoms with E-state index in [2.05, 4.69) is 15.5 Å². The van der Waals surface area contributed by atoms with E-state index >= 15 is 0 Å². The van der Waals surface area contributed by atoms with Crippen molar-refractivity contribution in [3.8, 4) is 0 Å². The van der Waals surface area contributed by atoms with Crippen molar-refractivity contribution in [1.29, 1.82) is 0 Å². The predicted octanol–water partition coefficient (Wildman–Crippen LogP) is 1.30. The molecule has 0 aromatic carbocycles. The Kier molecular flexibility index (Phi) is 4.11. The summed E-state index contributed by atoms with van der Waals surface area (Å²) < 4.78 is 0. The second-order valence-electron chi connectivity index (χ2n) is 5.39. The van der Waals surface area contributed by atoms with E-state index in [4.69, 9.17) is 5.11 Å². The zero-order chi connectivity index (χ0) is 13.9. The zero-order valence-electron chi connectivity index (χ0n) is 11.1. The van der Waals surface area contributed by atoms with Gasteiger partial charge in [-0.25, -0.2) is 0 Å². The van der Waals surface area contributed by atoms with Crippen molar-refractivity contribution in [3.63, 3.8) is 0 Å². The largest absolute Gasteiger partial charge is 0.481 e. The van der Waals surface area contributed by atoms with Crippen LogP contribution < -0.4 is 5.32 Å². The molecule has 1 atom stereocenters. The molecule has 0 bridgehead atoms. The van der Waals surface area contributed by atoms with Crippen LogP contribution in [0.5, 0.6) is 0 Å². The van der Waals surface area contributed by atoms with Crippen LogP contribution >= 0.6 is 0 Å². The Balaban J connectivity index is 2.68.